The molecule has 1 fully saturated rings. The van der Waals surface area contributed by atoms with Crippen molar-refractivity contribution in [3.63, 3.8) is 0 Å². The number of methoxy groups -OCH3 is 1. The third-order valence-electron chi connectivity index (χ3n) is 4.36. The maximum absolute atomic E-state index is 12.4. The van der Waals surface area contributed by atoms with E-state index in [1.54, 1.807) is 0 Å². The van der Waals surface area contributed by atoms with Crippen LogP contribution in [0.1, 0.15) is 36.0 Å². The zero-order chi connectivity index (χ0) is 16.9. The number of hydrogen-bond donors (Lipinski definition) is 2. The fourth-order valence-corrected chi connectivity index (χ4v) is 4.04. The number of ether oxygens (including phenoxy) is 1. The van der Waals surface area contributed by atoms with Crippen LogP contribution in [0.2, 0.25) is 0 Å². The Morgan fingerprint density at radius 3 is 2.33 bits per heavy atom. The van der Waals surface area contributed by atoms with Crippen molar-refractivity contribution in [2.45, 2.75) is 36.1 Å². The molecule has 136 valence electrons. The summed E-state index contributed by atoms with van der Waals surface area (Å²) in [7, 11) is -1.92. The molecule has 1 aliphatic rings. The van der Waals surface area contributed by atoms with Crippen molar-refractivity contribution < 1.29 is 17.9 Å². The quantitative estimate of drug-likeness (QED) is 0.751. The van der Waals surface area contributed by atoms with Gasteiger partial charge in [0.25, 0.3) is 5.91 Å². The molecule has 0 heterocycles. The zero-order valence-electron chi connectivity index (χ0n) is 13.8. The zero-order valence-corrected chi connectivity index (χ0v) is 15.4. The number of carbonyl (C=O) groups is 1. The standard InChI is InChI=1S/C16H24N2O4S.ClH/c1-22-10-11-23(20,21)14-6-4-13(5-7-14)15(19)18-16(12-17)8-2-3-9-16;/h4-7H,2-3,8-12,17H2,1H3,(H,18,19);1H. The summed E-state index contributed by atoms with van der Waals surface area (Å²) in [4.78, 5) is 12.6. The van der Waals surface area contributed by atoms with Crippen molar-refractivity contribution in [2.24, 2.45) is 5.73 Å². The number of amides is 1. The Morgan fingerprint density at radius 1 is 1.25 bits per heavy atom. The molecule has 1 aromatic carbocycles. The number of hydrogen-bond acceptors (Lipinski definition) is 5. The van der Waals surface area contributed by atoms with Gasteiger partial charge in [-0.15, -0.1) is 12.4 Å². The Kier molecular flexibility index (Phi) is 7.66. The monoisotopic (exact) mass is 376 g/mol. The highest BCUT2D eigenvalue weighted by molar-refractivity contribution is 7.91. The van der Waals surface area contributed by atoms with E-state index < -0.39 is 9.84 Å². The molecule has 1 aromatic rings. The molecule has 2 rings (SSSR count). The largest absolute Gasteiger partial charge is 0.384 e. The molecule has 0 aromatic heterocycles. The molecule has 1 aliphatic carbocycles. The first-order valence-electron chi connectivity index (χ1n) is 7.77. The Balaban J connectivity index is 0.00000288. The Hall–Kier alpha value is -1.15. The molecule has 0 saturated heterocycles. The molecule has 0 unspecified atom stereocenters. The SMILES string of the molecule is COCCS(=O)(=O)c1ccc(C(=O)NC2(CN)CCCC2)cc1.Cl. The van der Waals surface area contributed by atoms with Crippen LogP contribution < -0.4 is 11.1 Å². The Morgan fingerprint density at radius 2 is 1.83 bits per heavy atom. The summed E-state index contributed by atoms with van der Waals surface area (Å²) in [6.45, 7) is 0.561. The second kappa shape index (κ2) is 8.80. The minimum atomic E-state index is -3.38. The van der Waals surface area contributed by atoms with Gasteiger partial charge in [-0.2, -0.15) is 0 Å². The van der Waals surface area contributed by atoms with Crippen LogP contribution in [-0.4, -0.2) is 45.9 Å². The third-order valence-corrected chi connectivity index (χ3v) is 6.06. The lowest BCUT2D eigenvalue weighted by Crippen LogP contribution is -2.51. The predicted molar refractivity (Wildman–Crippen MR) is 95.3 cm³/mol. The summed E-state index contributed by atoms with van der Waals surface area (Å²) in [5.41, 5.74) is 5.94. The highest BCUT2D eigenvalue weighted by atomic mass is 35.5. The van der Waals surface area contributed by atoms with Crippen molar-refractivity contribution in [3.05, 3.63) is 29.8 Å². The molecule has 3 N–H and O–H groups in total. The first-order valence-corrected chi connectivity index (χ1v) is 9.42. The molecular weight excluding hydrogens is 352 g/mol. The van der Waals surface area contributed by atoms with E-state index in [0.29, 0.717) is 12.1 Å². The second-order valence-corrected chi connectivity index (χ2v) is 8.09. The van der Waals surface area contributed by atoms with Crippen LogP contribution >= 0.6 is 12.4 Å². The molecule has 0 bridgehead atoms. The van der Waals surface area contributed by atoms with Crippen LogP contribution in [0, 0.1) is 0 Å². The number of carbonyl (C=O) groups excluding carboxylic acids is 1. The lowest BCUT2D eigenvalue weighted by Gasteiger charge is -2.28. The normalized spacial score (nSPS) is 16.4. The number of rotatable bonds is 7. The molecule has 0 aliphatic heterocycles. The second-order valence-electron chi connectivity index (χ2n) is 5.98. The van der Waals surface area contributed by atoms with Crippen molar-refractivity contribution in [2.75, 3.05) is 26.0 Å². The van der Waals surface area contributed by atoms with Gasteiger partial charge in [-0.25, -0.2) is 8.42 Å². The van der Waals surface area contributed by atoms with E-state index in [0.717, 1.165) is 25.7 Å². The third kappa shape index (κ3) is 4.92. The van der Waals surface area contributed by atoms with Crippen LogP contribution in [0.4, 0.5) is 0 Å². The molecule has 6 nitrogen and oxygen atoms in total. The Labute approximate surface area is 149 Å². The summed E-state index contributed by atoms with van der Waals surface area (Å²) < 4.78 is 28.9. The maximum Gasteiger partial charge on any atom is 0.251 e. The highest BCUT2D eigenvalue weighted by Gasteiger charge is 2.34. The smallest absolute Gasteiger partial charge is 0.251 e. The highest BCUT2D eigenvalue weighted by Crippen LogP contribution is 2.29. The van der Waals surface area contributed by atoms with E-state index in [1.165, 1.54) is 31.4 Å². The van der Waals surface area contributed by atoms with Gasteiger partial charge in [0, 0.05) is 19.2 Å². The van der Waals surface area contributed by atoms with Crippen molar-refractivity contribution in [3.8, 4) is 0 Å². The van der Waals surface area contributed by atoms with Crippen LogP contribution in [0.25, 0.3) is 0 Å². The van der Waals surface area contributed by atoms with Crippen LogP contribution in [0.15, 0.2) is 29.2 Å². The van der Waals surface area contributed by atoms with E-state index in [-0.39, 0.29) is 41.1 Å². The molecule has 8 heteroatoms. The first kappa shape index (κ1) is 20.9. The summed E-state index contributed by atoms with van der Waals surface area (Å²) >= 11 is 0. The van der Waals surface area contributed by atoms with Gasteiger partial charge in [0.05, 0.1) is 22.8 Å². The van der Waals surface area contributed by atoms with Gasteiger partial charge in [-0.3, -0.25) is 4.79 Å². The van der Waals surface area contributed by atoms with Crippen molar-refractivity contribution in [1.29, 1.82) is 0 Å². The molecular formula is C16H25ClN2O4S. The average Bonchev–Trinajstić information content (AvgIpc) is 3.02. The number of nitrogens with one attached hydrogen (secondary N) is 1. The van der Waals surface area contributed by atoms with Gasteiger partial charge in [0.2, 0.25) is 0 Å². The first-order chi connectivity index (χ1) is 10.9. The van der Waals surface area contributed by atoms with Gasteiger partial charge in [0.15, 0.2) is 9.84 Å². The summed E-state index contributed by atoms with van der Waals surface area (Å²) in [5, 5.41) is 3.02. The van der Waals surface area contributed by atoms with E-state index in [2.05, 4.69) is 5.32 Å². The molecule has 24 heavy (non-hydrogen) atoms. The van der Waals surface area contributed by atoms with E-state index in [1.807, 2.05) is 0 Å². The Bertz CT molecular complexity index is 641. The van der Waals surface area contributed by atoms with Gasteiger partial charge < -0.3 is 15.8 Å². The van der Waals surface area contributed by atoms with Crippen molar-refractivity contribution >= 4 is 28.2 Å². The van der Waals surface area contributed by atoms with E-state index in [4.69, 9.17) is 10.5 Å². The minimum absolute atomic E-state index is 0. The number of nitrogens with two attached hydrogens (primary N) is 1. The van der Waals surface area contributed by atoms with Gasteiger partial charge in [-0.1, -0.05) is 12.8 Å². The van der Waals surface area contributed by atoms with E-state index >= 15 is 0 Å². The fourth-order valence-electron chi connectivity index (χ4n) is 2.87. The van der Waals surface area contributed by atoms with Crippen LogP contribution in [0.5, 0.6) is 0 Å². The van der Waals surface area contributed by atoms with Crippen LogP contribution in [-0.2, 0) is 14.6 Å². The summed E-state index contributed by atoms with van der Waals surface area (Å²) in [6.07, 6.45) is 3.90. The summed E-state index contributed by atoms with van der Waals surface area (Å²) in [5.74, 6) is -0.288. The minimum Gasteiger partial charge on any atom is -0.384 e. The van der Waals surface area contributed by atoms with E-state index in [9.17, 15) is 13.2 Å². The lowest BCUT2D eigenvalue weighted by molar-refractivity contribution is 0.0903. The molecule has 1 saturated carbocycles. The fraction of sp³-hybridized carbons (Fsp3) is 0.562. The predicted octanol–water partition coefficient (Wildman–Crippen LogP) is 1.53. The summed E-state index contributed by atoms with van der Waals surface area (Å²) in [6, 6.07) is 6.00. The average molecular weight is 377 g/mol. The van der Waals surface area contributed by atoms with Gasteiger partial charge in [-0.05, 0) is 37.1 Å². The lowest BCUT2D eigenvalue weighted by atomic mass is 9.97. The number of sulfone groups is 1. The number of benzene rings is 1. The van der Waals surface area contributed by atoms with Gasteiger partial charge in [0.1, 0.15) is 0 Å². The number of halogens is 1. The molecule has 0 radical (unpaired) electrons. The van der Waals surface area contributed by atoms with Crippen LogP contribution in [0.3, 0.4) is 0 Å². The maximum atomic E-state index is 12.4. The van der Waals surface area contributed by atoms with Crippen molar-refractivity contribution in [1.82, 2.24) is 5.32 Å². The molecule has 0 atom stereocenters. The molecule has 1 amide bonds. The molecule has 0 spiro atoms. The topological polar surface area (TPSA) is 98.5 Å². The van der Waals surface area contributed by atoms with Gasteiger partial charge >= 0.3 is 0 Å².